The van der Waals surface area contributed by atoms with Crippen LogP contribution >= 0.6 is 0 Å². The number of hydrogen-bond donors (Lipinski definition) is 0. The second-order valence-electron chi connectivity index (χ2n) is 7.42. The maximum Gasteiger partial charge on any atom is 0.242 e. The van der Waals surface area contributed by atoms with Crippen molar-refractivity contribution in [2.75, 3.05) is 18.0 Å². The van der Waals surface area contributed by atoms with E-state index in [-0.39, 0.29) is 18.4 Å². The molecule has 1 fully saturated rings. The molecule has 0 spiro atoms. The molecule has 25 heavy (non-hydrogen) atoms. The van der Waals surface area contributed by atoms with Crippen LogP contribution in [0.5, 0.6) is 0 Å². The third-order valence-electron chi connectivity index (χ3n) is 5.25. The highest BCUT2D eigenvalue weighted by molar-refractivity contribution is 5.99. The van der Waals surface area contributed by atoms with Gasteiger partial charge in [-0.1, -0.05) is 39.0 Å². The average Bonchev–Trinajstić information content (AvgIpc) is 2.59. The van der Waals surface area contributed by atoms with Crippen molar-refractivity contribution >= 4 is 17.5 Å². The zero-order valence-corrected chi connectivity index (χ0v) is 16.3. The van der Waals surface area contributed by atoms with E-state index in [4.69, 9.17) is 0 Å². The predicted octanol–water partition coefficient (Wildman–Crippen LogP) is 4.26. The lowest BCUT2D eigenvalue weighted by molar-refractivity contribution is -0.134. The third kappa shape index (κ3) is 4.42. The molecule has 0 bridgehead atoms. The Morgan fingerprint density at radius 3 is 2.60 bits per heavy atom. The molecule has 1 aliphatic rings. The number of rotatable bonds is 5. The van der Waals surface area contributed by atoms with Gasteiger partial charge in [0.25, 0.3) is 0 Å². The van der Waals surface area contributed by atoms with Crippen LogP contribution < -0.4 is 4.90 Å². The van der Waals surface area contributed by atoms with Gasteiger partial charge in [-0.15, -0.1) is 0 Å². The van der Waals surface area contributed by atoms with Gasteiger partial charge in [0.15, 0.2) is 0 Å². The van der Waals surface area contributed by atoms with Gasteiger partial charge < -0.3 is 9.80 Å². The van der Waals surface area contributed by atoms with Gasteiger partial charge in [0.1, 0.15) is 6.54 Å². The van der Waals surface area contributed by atoms with Crippen LogP contribution in [0.4, 0.5) is 5.69 Å². The number of aryl methyl sites for hydroxylation is 1. The van der Waals surface area contributed by atoms with E-state index >= 15 is 0 Å². The van der Waals surface area contributed by atoms with Crippen molar-refractivity contribution in [3.63, 3.8) is 0 Å². The molecule has 0 aliphatic carbocycles. The van der Waals surface area contributed by atoms with Gasteiger partial charge in [-0.3, -0.25) is 9.59 Å². The van der Waals surface area contributed by atoms with Crippen molar-refractivity contribution in [3.8, 4) is 0 Å². The normalized spacial score (nSPS) is 17.7. The highest BCUT2D eigenvalue weighted by atomic mass is 16.2. The summed E-state index contributed by atoms with van der Waals surface area (Å²) in [6, 6.07) is 6.41. The summed E-state index contributed by atoms with van der Waals surface area (Å²) in [6.45, 7) is 10.9. The summed E-state index contributed by atoms with van der Waals surface area (Å²) in [6.07, 6.45) is 4.30. The number of carbonyl (C=O) groups excluding carboxylic acids is 2. The first-order chi connectivity index (χ1) is 11.9. The predicted molar refractivity (Wildman–Crippen MR) is 103 cm³/mol. The fourth-order valence-electron chi connectivity index (χ4n) is 3.84. The molecule has 1 aromatic rings. The van der Waals surface area contributed by atoms with Gasteiger partial charge >= 0.3 is 0 Å². The number of amides is 2. The zero-order chi connectivity index (χ0) is 18.6. The Balaban J connectivity index is 2.31. The Morgan fingerprint density at radius 2 is 2.00 bits per heavy atom. The molecule has 0 N–H and O–H groups in total. The van der Waals surface area contributed by atoms with E-state index in [1.165, 1.54) is 6.42 Å². The molecule has 0 aromatic heterocycles. The summed E-state index contributed by atoms with van der Waals surface area (Å²) in [5.41, 5.74) is 3.07. The topological polar surface area (TPSA) is 40.6 Å². The molecule has 1 saturated heterocycles. The van der Waals surface area contributed by atoms with E-state index in [9.17, 15) is 9.59 Å². The van der Waals surface area contributed by atoms with Crippen LogP contribution in [0.2, 0.25) is 0 Å². The molecule has 0 radical (unpaired) electrons. The molecule has 1 heterocycles. The molecule has 1 atom stereocenters. The van der Waals surface area contributed by atoms with Crippen LogP contribution in [0.25, 0.3) is 0 Å². The smallest absolute Gasteiger partial charge is 0.242 e. The summed E-state index contributed by atoms with van der Waals surface area (Å²) >= 11 is 0. The highest BCUT2D eigenvalue weighted by Crippen LogP contribution is 2.31. The minimum absolute atomic E-state index is 0.0692. The number of likely N-dealkylation sites (tertiary alicyclic amines) is 1. The summed E-state index contributed by atoms with van der Waals surface area (Å²) in [5.74, 6) is 0.291. The van der Waals surface area contributed by atoms with Gasteiger partial charge in [-0.25, -0.2) is 0 Å². The summed E-state index contributed by atoms with van der Waals surface area (Å²) in [7, 11) is 0. The number of hydrogen-bond acceptors (Lipinski definition) is 2. The van der Waals surface area contributed by atoms with E-state index in [1.54, 1.807) is 11.8 Å². The number of carbonyl (C=O) groups is 2. The van der Waals surface area contributed by atoms with Crippen LogP contribution in [0.1, 0.15) is 70.4 Å². The fraction of sp³-hybridized carbons (Fsp3) is 0.619. The van der Waals surface area contributed by atoms with Crippen LogP contribution in [-0.2, 0) is 9.59 Å². The van der Waals surface area contributed by atoms with Crippen LogP contribution in [0.15, 0.2) is 18.2 Å². The van der Waals surface area contributed by atoms with Crippen molar-refractivity contribution < 1.29 is 9.59 Å². The van der Waals surface area contributed by atoms with Crippen LogP contribution in [0.3, 0.4) is 0 Å². The van der Waals surface area contributed by atoms with Crippen LogP contribution in [0, 0.1) is 6.92 Å². The van der Waals surface area contributed by atoms with Gasteiger partial charge in [-0.2, -0.15) is 0 Å². The van der Waals surface area contributed by atoms with Crippen molar-refractivity contribution in [1.82, 2.24) is 4.90 Å². The first kappa shape index (κ1) is 19.5. The highest BCUT2D eigenvalue weighted by Gasteiger charge is 2.29. The molecule has 0 saturated carbocycles. The van der Waals surface area contributed by atoms with E-state index < -0.39 is 0 Å². The Hall–Kier alpha value is -1.84. The Kier molecular flexibility index (Phi) is 6.63. The molecule has 4 nitrogen and oxygen atoms in total. The number of nitrogens with zero attached hydrogens (tertiary/aromatic N) is 2. The molecule has 4 heteroatoms. The lowest BCUT2D eigenvalue weighted by Gasteiger charge is -2.37. The Bertz CT molecular complexity index is 624. The van der Waals surface area contributed by atoms with Gasteiger partial charge in [0.05, 0.1) is 5.69 Å². The number of para-hydroxylation sites is 1. The molecular weight excluding hydrogens is 312 g/mol. The first-order valence-electron chi connectivity index (χ1n) is 9.53. The molecule has 1 aliphatic heterocycles. The van der Waals surface area contributed by atoms with Gasteiger partial charge in [0.2, 0.25) is 11.8 Å². The maximum absolute atomic E-state index is 13.0. The monoisotopic (exact) mass is 344 g/mol. The zero-order valence-electron chi connectivity index (χ0n) is 16.3. The molecule has 1 unspecified atom stereocenters. The Labute approximate surface area is 152 Å². The minimum atomic E-state index is -0.0744. The van der Waals surface area contributed by atoms with E-state index in [1.807, 2.05) is 24.0 Å². The standard InChI is InChI=1S/C21H32N2O2/c1-6-18-11-7-8-13-22(18)20(25)14-23(17(5)24)21-16(4)10-9-12-19(21)15(2)3/h9-10,12,15,18H,6-8,11,13-14H2,1-5H3. The molecule has 2 amide bonds. The second-order valence-corrected chi connectivity index (χ2v) is 7.42. The van der Waals surface area contributed by atoms with E-state index in [2.05, 4.69) is 26.8 Å². The number of piperidine rings is 1. The second kappa shape index (κ2) is 8.50. The lowest BCUT2D eigenvalue weighted by Crippen LogP contribution is -2.49. The number of benzene rings is 1. The first-order valence-corrected chi connectivity index (χ1v) is 9.53. The minimum Gasteiger partial charge on any atom is -0.338 e. The summed E-state index contributed by atoms with van der Waals surface area (Å²) in [5, 5.41) is 0. The molecule has 1 aromatic carbocycles. The van der Waals surface area contributed by atoms with Crippen molar-refractivity contribution in [2.24, 2.45) is 0 Å². The maximum atomic E-state index is 13.0. The van der Waals surface area contributed by atoms with Crippen LogP contribution in [-0.4, -0.2) is 35.8 Å². The van der Waals surface area contributed by atoms with Gasteiger partial charge in [-0.05, 0) is 49.7 Å². The third-order valence-corrected chi connectivity index (χ3v) is 5.25. The lowest BCUT2D eigenvalue weighted by atomic mass is 9.97. The largest absolute Gasteiger partial charge is 0.338 e. The van der Waals surface area contributed by atoms with E-state index in [0.717, 1.165) is 42.6 Å². The molecule has 2 rings (SSSR count). The van der Waals surface area contributed by atoms with Crippen molar-refractivity contribution in [3.05, 3.63) is 29.3 Å². The molecule has 138 valence electrons. The quantitative estimate of drug-likeness (QED) is 0.800. The molecular formula is C21H32N2O2. The SMILES string of the molecule is CCC1CCCCN1C(=O)CN(C(C)=O)c1c(C)cccc1C(C)C. The number of anilines is 1. The summed E-state index contributed by atoms with van der Waals surface area (Å²) < 4.78 is 0. The van der Waals surface area contributed by atoms with E-state index in [0.29, 0.717) is 12.0 Å². The van der Waals surface area contributed by atoms with Gasteiger partial charge in [0, 0.05) is 19.5 Å². The van der Waals surface area contributed by atoms with Crippen molar-refractivity contribution in [1.29, 1.82) is 0 Å². The van der Waals surface area contributed by atoms with Crippen molar-refractivity contribution in [2.45, 2.75) is 72.3 Å². The Morgan fingerprint density at radius 1 is 1.28 bits per heavy atom. The fourth-order valence-corrected chi connectivity index (χ4v) is 3.84. The average molecular weight is 344 g/mol. The summed E-state index contributed by atoms with van der Waals surface area (Å²) in [4.78, 5) is 29.0.